The second-order valence-corrected chi connectivity index (χ2v) is 5.60. The Morgan fingerprint density at radius 2 is 2.00 bits per heavy atom. The minimum absolute atomic E-state index is 0.0500. The van der Waals surface area contributed by atoms with Gasteiger partial charge >= 0.3 is 6.18 Å². The first-order valence-corrected chi connectivity index (χ1v) is 7.52. The van der Waals surface area contributed by atoms with E-state index in [2.05, 4.69) is 11.4 Å². The molecule has 2 atom stereocenters. The second kappa shape index (κ2) is 6.79. The van der Waals surface area contributed by atoms with Gasteiger partial charge in [0, 0.05) is 12.1 Å². The number of fused-ring (bicyclic) bond motifs is 1. The summed E-state index contributed by atoms with van der Waals surface area (Å²) in [6.45, 7) is 1.37. The highest BCUT2D eigenvalue weighted by atomic mass is 19.4. The van der Waals surface area contributed by atoms with Gasteiger partial charge in [-0.15, -0.1) is 0 Å². The van der Waals surface area contributed by atoms with E-state index < -0.39 is 12.7 Å². The minimum atomic E-state index is -4.15. The van der Waals surface area contributed by atoms with E-state index in [9.17, 15) is 13.2 Å². The van der Waals surface area contributed by atoms with Gasteiger partial charge < -0.3 is 5.32 Å². The van der Waals surface area contributed by atoms with Crippen molar-refractivity contribution in [2.24, 2.45) is 0 Å². The van der Waals surface area contributed by atoms with E-state index in [-0.39, 0.29) is 12.1 Å². The first-order chi connectivity index (χ1) is 9.96. The Morgan fingerprint density at radius 1 is 1.29 bits per heavy atom. The van der Waals surface area contributed by atoms with Crippen LogP contribution in [0.25, 0.3) is 0 Å². The number of benzene rings is 1. The Balaban J connectivity index is 2.29. The molecule has 0 saturated heterocycles. The zero-order valence-corrected chi connectivity index (χ0v) is 12.6. The van der Waals surface area contributed by atoms with Crippen LogP contribution in [0.1, 0.15) is 36.9 Å². The lowest BCUT2D eigenvalue weighted by atomic mass is 9.95. The summed E-state index contributed by atoms with van der Waals surface area (Å²) in [7, 11) is 1.83. The van der Waals surface area contributed by atoms with Crippen LogP contribution in [0.3, 0.4) is 0 Å². The second-order valence-electron chi connectivity index (χ2n) is 5.60. The van der Waals surface area contributed by atoms with Gasteiger partial charge in [0.05, 0.1) is 6.54 Å². The lowest BCUT2D eigenvalue weighted by Gasteiger charge is -2.36. The van der Waals surface area contributed by atoms with Gasteiger partial charge in [0.25, 0.3) is 0 Å². The summed E-state index contributed by atoms with van der Waals surface area (Å²) in [4.78, 5) is 1.56. The Kier molecular flexibility index (Phi) is 5.27. The number of halogens is 3. The zero-order valence-electron chi connectivity index (χ0n) is 12.6. The number of nitrogens with zero attached hydrogens (tertiary/aromatic N) is 1. The molecule has 0 spiro atoms. The van der Waals surface area contributed by atoms with Crippen LogP contribution in [0, 0.1) is 0 Å². The molecule has 0 saturated carbocycles. The smallest absolute Gasteiger partial charge is 0.312 e. The van der Waals surface area contributed by atoms with Crippen LogP contribution in [0.5, 0.6) is 0 Å². The molecule has 1 aromatic rings. The summed E-state index contributed by atoms with van der Waals surface area (Å²) in [6.07, 6.45) is -1.51. The molecule has 1 aliphatic rings. The maximum Gasteiger partial charge on any atom is 0.401 e. The quantitative estimate of drug-likeness (QED) is 0.856. The first kappa shape index (κ1) is 16.3. The molecule has 2 unspecified atom stereocenters. The summed E-state index contributed by atoms with van der Waals surface area (Å²) < 4.78 is 38.4. The normalized spacial score (nSPS) is 23.0. The molecule has 2 rings (SSSR count). The number of hydrogen-bond acceptors (Lipinski definition) is 2. The molecule has 0 bridgehead atoms. The molecular formula is C16H23F3N2. The molecule has 0 heterocycles. The van der Waals surface area contributed by atoms with Crippen molar-refractivity contribution in [2.75, 3.05) is 20.1 Å². The fourth-order valence-corrected chi connectivity index (χ4v) is 3.38. The van der Waals surface area contributed by atoms with Crippen molar-refractivity contribution in [3.8, 4) is 0 Å². The Hall–Kier alpha value is -1.07. The monoisotopic (exact) mass is 300 g/mol. The summed E-state index contributed by atoms with van der Waals surface area (Å²) in [6, 6.07) is 7.92. The molecule has 1 aromatic carbocycles. The molecule has 0 amide bonds. The van der Waals surface area contributed by atoms with Gasteiger partial charge in [-0.2, -0.15) is 13.2 Å². The third-order valence-electron chi connectivity index (χ3n) is 4.29. The molecule has 0 radical (unpaired) electrons. The number of alkyl halides is 3. The van der Waals surface area contributed by atoms with E-state index in [1.807, 2.05) is 25.2 Å². The maximum absolute atomic E-state index is 12.8. The predicted molar refractivity (Wildman–Crippen MR) is 78.3 cm³/mol. The lowest BCUT2D eigenvalue weighted by Crippen LogP contribution is -2.47. The number of hydrogen-bond donors (Lipinski definition) is 1. The number of aryl methyl sites for hydroxylation is 1. The third-order valence-corrected chi connectivity index (χ3v) is 4.29. The summed E-state index contributed by atoms with van der Waals surface area (Å²) in [5, 5.41) is 3.24. The van der Waals surface area contributed by atoms with Crippen LogP contribution in [0.2, 0.25) is 0 Å². The fourth-order valence-electron chi connectivity index (χ4n) is 3.38. The van der Waals surface area contributed by atoms with Crippen LogP contribution in [-0.2, 0) is 6.42 Å². The van der Waals surface area contributed by atoms with Crippen molar-refractivity contribution in [1.29, 1.82) is 0 Å². The molecule has 2 nitrogen and oxygen atoms in total. The minimum Gasteiger partial charge on any atom is -0.312 e. The zero-order chi connectivity index (χ0) is 15.5. The van der Waals surface area contributed by atoms with E-state index in [4.69, 9.17) is 0 Å². The largest absolute Gasteiger partial charge is 0.401 e. The highest BCUT2D eigenvalue weighted by molar-refractivity contribution is 5.32. The Labute approximate surface area is 124 Å². The van der Waals surface area contributed by atoms with Gasteiger partial charge in [-0.25, -0.2) is 0 Å². The first-order valence-electron chi connectivity index (χ1n) is 7.52. The standard InChI is InChI=1S/C16H23F3N2/c1-3-21(11-16(17,18)19)14-10-6-8-12-7-4-5-9-13(12)15(14)20-2/h4-5,7,9,14-15,20H,3,6,8,10-11H2,1-2H3. The molecule has 0 aliphatic heterocycles. The van der Waals surface area contributed by atoms with E-state index in [0.717, 1.165) is 24.8 Å². The summed E-state index contributed by atoms with van der Waals surface area (Å²) >= 11 is 0. The van der Waals surface area contributed by atoms with Crippen LogP contribution >= 0.6 is 0 Å². The number of likely N-dealkylation sites (N-methyl/N-ethyl adjacent to an activating group) is 2. The Bertz CT molecular complexity index is 459. The molecule has 0 aromatic heterocycles. The van der Waals surface area contributed by atoms with E-state index in [0.29, 0.717) is 6.54 Å². The highest BCUT2D eigenvalue weighted by Gasteiger charge is 2.37. The van der Waals surface area contributed by atoms with Gasteiger partial charge in [0.2, 0.25) is 0 Å². The molecule has 0 fully saturated rings. The molecule has 21 heavy (non-hydrogen) atoms. The fraction of sp³-hybridized carbons (Fsp3) is 0.625. The van der Waals surface area contributed by atoms with Crippen molar-refractivity contribution in [3.63, 3.8) is 0 Å². The topological polar surface area (TPSA) is 15.3 Å². The average Bonchev–Trinajstić information content (AvgIpc) is 2.62. The van der Waals surface area contributed by atoms with Gasteiger partial charge in [-0.3, -0.25) is 4.90 Å². The van der Waals surface area contributed by atoms with Gasteiger partial charge in [0.1, 0.15) is 0 Å². The van der Waals surface area contributed by atoms with Crippen LogP contribution in [0.15, 0.2) is 24.3 Å². The van der Waals surface area contributed by atoms with Crippen molar-refractivity contribution in [1.82, 2.24) is 10.2 Å². The molecule has 1 aliphatic carbocycles. The molecule has 118 valence electrons. The van der Waals surface area contributed by atoms with Crippen molar-refractivity contribution < 1.29 is 13.2 Å². The predicted octanol–water partition coefficient (Wildman–Crippen LogP) is 3.54. The molecular weight excluding hydrogens is 277 g/mol. The average molecular weight is 300 g/mol. The number of nitrogens with one attached hydrogen (secondary N) is 1. The van der Waals surface area contributed by atoms with E-state index >= 15 is 0 Å². The third kappa shape index (κ3) is 3.98. The maximum atomic E-state index is 12.8. The van der Waals surface area contributed by atoms with E-state index in [1.165, 1.54) is 5.56 Å². The SMILES string of the molecule is CCN(CC(F)(F)F)C1CCCc2ccccc2C1NC. The van der Waals surface area contributed by atoms with Crippen LogP contribution in [0.4, 0.5) is 13.2 Å². The highest BCUT2D eigenvalue weighted by Crippen LogP contribution is 2.33. The van der Waals surface area contributed by atoms with Crippen LogP contribution < -0.4 is 5.32 Å². The van der Waals surface area contributed by atoms with E-state index in [1.54, 1.807) is 11.8 Å². The number of rotatable bonds is 4. The van der Waals surface area contributed by atoms with Gasteiger partial charge in [-0.05, 0) is 44.0 Å². The van der Waals surface area contributed by atoms with Crippen molar-refractivity contribution in [3.05, 3.63) is 35.4 Å². The molecule has 5 heteroatoms. The lowest BCUT2D eigenvalue weighted by molar-refractivity contribution is -0.152. The van der Waals surface area contributed by atoms with Crippen molar-refractivity contribution in [2.45, 2.75) is 44.4 Å². The summed E-state index contributed by atoms with van der Waals surface area (Å²) in [5.74, 6) is 0. The molecule has 1 N–H and O–H groups in total. The van der Waals surface area contributed by atoms with Crippen LogP contribution in [-0.4, -0.2) is 37.3 Å². The Morgan fingerprint density at radius 3 is 2.62 bits per heavy atom. The van der Waals surface area contributed by atoms with Crippen molar-refractivity contribution >= 4 is 0 Å². The van der Waals surface area contributed by atoms with Gasteiger partial charge in [-0.1, -0.05) is 31.2 Å². The van der Waals surface area contributed by atoms with Gasteiger partial charge in [0.15, 0.2) is 0 Å². The summed E-state index contributed by atoms with van der Waals surface area (Å²) in [5.41, 5.74) is 2.39.